The van der Waals surface area contributed by atoms with Gasteiger partial charge in [-0.1, -0.05) is 18.2 Å². The van der Waals surface area contributed by atoms with Gasteiger partial charge in [-0.25, -0.2) is 4.68 Å². The van der Waals surface area contributed by atoms with Gasteiger partial charge >= 0.3 is 0 Å². The maximum atomic E-state index is 12.1. The average Bonchev–Trinajstić information content (AvgIpc) is 3.26. The van der Waals surface area contributed by atoms with E-state index in [9.17, 15) is 9.00 Å². The van der Waals surface area contributed by atoms with Crippen molar-refractivity contribution < 1.29 is 9.00 Å². The summed E-state index contributed by atoms with van der Waals surface area (Å²) >= 11 is 0. The molecule has 1 heterocycles. The van der Waals surface area contributed by atoms with Gasteiger partial charge in [-0.2, -0.15) is 0 Å². The Balaban J connectivity index is 1.46. The van der Waals surface area contributed by atoms with E-state index in [0.29, 0.717) is 23.4 Å². The van der Waals surface area contributed by atoms with E-state index >= 15 is 0 Å². The van der Waals surface area contributed by atoms with Crippen LogP contribution < -0.4 is 5.32 Å². The highest BCUT2D eigenvalue weighted by Gasteiger charge is 2.28. The molecule has 8 heteroatoms. The van der Waals surface area contributed by atoms with Crippen molar-refractivity contribution in [1.82, 2.24) is 20.2 Å². The van der Waals surface area contributed by atoms with E-state index < -0.39 is 10.8 Å². The number of carbonyl (C=O) groups excluding carboxylic acids is 1. The molecule has 3 rings (SSSR count). The number of nitrogens with one attached hydrogen (secondary N) is 1. The molecule has 1 aliphatic carbocycles. The minimum absolute atomic E-state index is 0.138. The molecule has 1 unspecified atom stereocenters. The summed E-state index contributed by atoms with van der Waals surface area (Å²) in [6.07, 6.45) is 2.36. The van der Waals surface area contributed by atoms with E-state index in [0.717, 1.165) is 18.5 Å². The molecule has 1 saturated carbocycles. The van der Waals surface area contributed by atoms with Crippen molar-refractivity contribution in [3.8, 4) is 0 Å². The maximum absolute atomic E-state index is 12.1. The molecule has 2 aromatic rings. The molecule has 1 aromatic heterocycles. The van der Waals surface area contributed by atoms with E-state index in [1.54, 1.807) is 4.68 Å². The zero-order valence-corrected chi connectivity index (χ0v) is 12.8. The smallest absolute Gasteiger partial charge is 0.225 e. The monoisotopic (exact) mass is 319 g/mol. The van der Waals surface area contributed by atoms with Crippen LogP contribution in [0.5, 0.6) is 0 Å². The number of tetrazole rings is 1. The van der Waals surface area contributed by atoms with Crippen molar-refractivity contribution in [3.63, 3.8) is 0 Å². The molecule has 1 aliphatic rings. The van der Waals surface area contributed by atoms with Crippen LogP contribution in [0, 0.1) is 0 Å². The highest BCUT2D eigenvalue weighted by Crippen LogP contribution is 2.34. The van der Waals surface area contributed by atoms with Crippen LogP contribution in [0.2, 0.25) is 0 Å². The molecule has 22 heavy (non-hydrogen) atoms. The van der Waals surface area contributed by atoms with Crippen LogP contribution in [0.25, 0.3) is 0 Å². The molecule has 7 nitrogen and oxygen atoms in total. The molecule has 116 valence electrons. The lowest BCUT2D eigenvalue weighted by Crippen LogP contribution is -2.16. The van der Waals surface area contributed by atoms with E-state index in [4.69, 9.17) is 0 Å². The first kappa shape index (κ1) is 14.8. The summed E-state index contributed by atoms with van der Waals surface area (Å²) in [6.45, 7) is 0. The Labute approximate surface area is 130 Å². The second kappa shape index (κ2) is 6.78. The van der Waals surface area contributed by atoms with Gasteiger partial charge in [0.2, 0.25) is 5.91 Å². The predicted molar refractivity (Wildman–Crippen MR) is 82.5 cm³/mol. The van der Waals surface area contributed by atoms with Gasteiger partial charge in [0, 0.05) is 28.7 Å². The van der Waals surface area contributed by atoms with Crippen LogP contribution in [0.4, 0.5) is 5.69 Å². The van der Waals surface area contributed by atoms with Gasteiger partial charge in [0.15, 0.2) is 5.82 Å². The third-order valence-electron chi connectivity index (χ3n) is 3.36. The first-order valence-electron chi connectivity index (χ1n) is 7.19. The lowest BCUT2D eigenvalue weighted by atomic mass is 10.3. The summed E-state index contributed by atoms with van der Waals surface area (Å²) in [4.78, 5) is 11.8. The number of benzene rings is 1. The zero-order chi connectivity index (χ0) is 15.4. The van der Waals surface area contributed by atoms with Crippen molar-refractivity contribution in [1.29, 1.82) is 0 Å². The molecule has 1 aromatic carbocycles. The second-order valence-electron chi connectivity index (χ2n) is 5.22. The number of carbonyl (C=O) groups is 1. The molecular weight excluding hydrogens is 302 g/mol. The number of para-hydroxylation sites is 1. The third-order valence-corrected chi connectivity index (χ3v) is 4.60. The zero-order valence-electron chi connectivity index (χ0n) is 12.0. The van der Waals surface area contributed by atoms with Crippen molar-refractivity contribution in [2.75, 3.05) is 11.1 Å². The summed E-state index contributed by atoms with van der Waals surface area (Å²) < 4.78 is 13.8. The van der Waals surface area contributed by atoms with Crippen molar-refractivity contribution in [3.05, 3.63) is 36.2 Å². The lowest BCUT2D eigenvalue weighted by molar-refractivity contribution is -0.115. The highest BCUT2D eigenvalue weighted by molar-refractivity contribution is 7.84. The van der Waals surface area contributed by atoms with E-state index in [2.05, 4.69) is 20.8 Å². The predicted octanol–water partition coefficient (Wildman–Crippen LogP) is 1.29. The number of rotatable bonds is 7. The normalized spacial score (nSPS) is 15.5. The van der Waals surface area contributed by atoms with Crippen LogP contribution in [0.3, 0.4) is 0 Å². The number of hydrogen-bond acceptors (Lipinski definition) is 5. The molecule has 0 bridgehead atoms. The van der Waals surface area contributed by atoms with Gasteiger partial charge < -0.3 is 5.32 Å². The fourth-order valence-corrected chi connectivity index (χ4v) is 3.11. The SMILES string of the molecule is O=C(CCS(=O)Cc1nnnn1C1CC1)Nc1ccccc1. The van der Waals surface area contributed by atoms with Crippen molar-refractivity contribution in [2.24, 2.45) is 0 Å². The summed E-state index contributed by atoms with van der Waals surface area (Å²) in [5, 5.41) is 14.3. The summed E-state index contributed by atoms with van der Waals surface area (Å²) in [7, 11) is -1.15. The summed E-state index contributed by atoms with van der Waals surface area (Å²) in [5.74, 6) is 1.10. The molecule has 1 atom stereocenters. The van der Waals surface area contributed by atoms with Gasteiger partial charge in [-0.05, 0) is 35.4 Å². The van der Waals surface area contributed by atoms with Gasteiger partial charge in [0.05, 0.1) is 11.8 Å². The number of hydrogen-bond donors (Lipinski definition) is 1. The molecule has 0 radical (unpaired) electrons. The minimum atomic E-state index is -1.15. The Morgan fingerprint density at radius 3 is 2.82 bits per heavy atom. The Morgan fingerprint density at radius 1 is 1.32 bits per heavy atom. The summed E-state index contributed by atoms with van der Waals surface area (Å²) in [6, 6.07) is 9.59. The molecule has 1 N–H and O–H groups in total. The minimum Gasteiger partial charge on any atom is -0.326 e. The molecular formula is C14H17N5O2S. The van der Waals surface area contributed by atoms with Gasteiger partial charge in [-0.3, -0.25) is 9.00 Å². The Hall–Kier alpha value is -2.09. The van der Waals surface area contributed by atoms with Crippen LogP contribution >= 0.6 is 0 Å². The molecule has 0 spiro atoms. The van der Waals surface area contributed by atoms with E-state index in [1.807, 2.05) is 30.3 Å². The molecule has 1 amide bonds. The van der Waals surface area contributed by atoms with Crippen LogP contribution in [-0.2, 0) is 21.3 Å². The van der Waals surface area contributed by atoms with Crippen LogP contribution in [0.15, 0.2) is 30.3 Å². The Bertz CT molecular complexity index is 669. The average molecular weight is 319 g/mol. The van der Waals surface area contributed by atoms with E-state index in [1.165, 1.54) is 0 Å². The first-order valence-corrected chi connectivity index (χ1v) is 8.68. The number of anilines is 1. The second-order valence-corrected chi connectivity index (χ2v) is 6.80. The van der Waals surface area contributed by atoms with E-state index in [-0.39, 0.29) is 12.3 Å². The third kappa shape index (κ3) is 3.97. The van der Waals surface area contributed by atoms with Crippen molar-refractivity contribution in [2.45, 2.75) is 31.1 Å². The van der Waals surface area contributed by atoms with Gasteiger partial charge in [-0.15, -0.1) is 5.10 Å². The topological polar surface area (TPSA) is 89.8 Å². The number of nitrogens with zero attached hydrogens (tertiary/aromatic N) is 4. The molecule has 0 saturated heterocycles. The fraction of sp³-hybridized carbons (Fsp3) is 0.429. The lowest BCUT2D eigenvalue weighted by Gasteiger charge is -2.05. The first-order chi connectivity index (χ1) is 10.7. The Kier molecular flexibility index (Phi) is 4.57. The number of amides is 1. The molecule has 0 aliphatic heterocycles. The standard InChI is InChI=1S/C14H17N5O2S/c20-14(15-11-4-2-1-3-5-11)8-9-22(21)10-13-16-17-18-19(13)12-6-7-12/h1-5,12H,6-10H2,(H,15,20). The van der Waals surface area contributed by atoms with Gasteiger partial charge in [0.25, 0.3) is 0 Å². The highest BCUT2D eigenvalue weighted by atomic mass is 32.2. The quantitative estimate of drug-likeness (QED) is 0.830. The number of aromatic nitrogens is 4. The fourth-order valence-electron chi connectivity index (χ4n) is 2.08. The van der Waals surface area contributed by atoms with Crippen LogP contribution in [-0.4, -0.2) is 36.1 Å². The van der Waals surface area contributed by atoms with Gasteiger partial charge in [0.1, 0.15) is 0 Å². The largest absolute Gasteiger partial charge is 0.326 e. The Morgan fingerprint density at radius 2 is 2.09 bits per heavy atom. The molecule has 1 fully saturated rings. The maximum Gasteiger partial charge on any atom is 0.225 e. The van der Waals surface area contributed by atoms with Crippen molar-refractivity contribution >= 4 is 22.4 Å². The summed E-state index contributed by atoms with van der Waals surface area (Å²) in [5.41, 5.74) is 0.746. The van der Waals surface area contributed by atoms with Crippen LogP contribution in [0.1, 0.15) is 31.1 Å².